The molecule has 0 aliphatic carbocycles. The third-order valence-electron chi connectivity index (χ3n) is 0.427. The fourth-order valence-corrected chi connectivity index (χ4v) is 0.0861. The van der Waals surface area contributed by atoms with Gasteiger partial charge in [0.05, 0.1) is 4.92 Å². The molecule has 0 spiro atoms. The van der Waals surface area contributed by atoms with E-state index < -0.39 is 11.2 Å². The molecule has 0 aromatic carbocycles. The SMILES string of the molecule is C=CC(O)[N+](=O)[O-]. The molecule has 0 aromatic rings. The van der Waals surface area contributed by atoms with Gasteiger partial charge in [-0.15, -0.1) is 0 Å². The molecule has 0 radical (unpaired) electrons. The number of hydrogen-bond donors (Lipinski definition) is 1. The molecule has 0 heterocycles. The maximum absolute atomic E-state index is 9.41. The molecule has 0 saturated heterocycles. The first kappa shape index (κ1) is 6.10. The van der Waals surface area contributed by atoms with Crippen LogP contribution in [0.15, 0.2) is 12.7 Å². The molecule has 0 aromatic heterocycles. The van der Waals surface area contributed by atoms with Gasteiger partial charge in [0.25, 0.3) is 0 Å². The molecule has 0 fully saturated rings. The maximum Gasteiger partial charge on any atom is 0.332 e. The molecule has 4 nitrogen and oxygen atoms in total. The van der Waals surface area contributed by atoms with Crippen LogP contribution in [0.4, 0.5) is 0 Å². The largest absolute Gasteiger partial charge is 0.332 e. The number of hydrogen-bond acceptors (Lipinski definition) is 3. The Labute approximate surface area is 40.2 Å². The fourth-order valence-electron chi connectivity index (χ4n) is 0.0861. The number of aliphatic hydroxyl groups excluding tert-OH is 1. The van der Waals surface area contributed by atoms with E-state index in [1.165, 1.54) is 0 Å². The van der Waals surface area contributed by atoms with Gasteiger partial charge >= 0.3 is 6.23 Å². The van der Waals surface area contributed by atoms with Crippen molar-refractivity contribution in [3.8, 4) is 0 Å². The Balaban J connectivity index is 3.55. The lowest BCUT2D eigenvalue weighted by atomic mass is 10.6. The number of nitrogens with zero attached hydrogens (tertiary/aromatic N) is 1. The summed E-state index contributed by atoms with van der Waals surface area (Å²) in [6, 6.07) is 0. The normalized spacial score (nSPS) is 12.7. The summed E-state index contributed by atoms with van der Waals surface area (Å²) in [5.74, 6) is 0. The van der Waals surface area contributed by atoms with E-state index in [1.54, 1.807) is 0 Å². The zero-order valence-corrected chi connectivity index (χ0v) is 3.57. The van der Waals surface area contributed by atoms with Gasteiger partial charge in [0.15, 0.2) is 0 Å². The summed E-state index contributed by atoms with van der Waals surface area (Å²) in [5, 5.41) is 17.5. The molecule has 7 heavy (non-hydrogen) atoms. The van der Waals surface area contributed by atoms with Gasteiger partial charge in [-0.05, 0) is 0 Å². The van der Waals surface area contributed by atoms with E-state index in [9.17, 15) is 10.1 Å². The lowest BCUT2D eigenvalue weighted by Crippen LogP contribution is -2.13. The summed E-state index contributed by atoms with van der Waals surface area (Å²) < 4.78 is 0. The molecule has 0 saturated carbocycles. The van der Waals surface area contributed by atoms with Crippen molar-refractivity contribution in [1.29, 1.82) is 0 Å². The van der Waals surface area contributed by atoms with Gasteiger partial charge in [-0.2, -0.15) is 0 Å². The van der Waals surface area contributed by atoms with Gasteiger partial charge in [0.1, 0.15) is 0 Å². The zero-order chi connectivity index (χ0) is 5.86. The van der Waals surface area contributed by atoms with Crippen LogP contribution >= 0.6 is 0 Å². The van der Waals surface area contributed by atoms with E-state index in [2.05, 4.69) is 6.58 Å². The van der Waals surface area contributed by atoms with E-state index in [0.717, 1.165) is 6.08 Å². The van der Waals surface area contributed by atoms with Crippen LogP contribution in [-0.2, 0) is 0 Å². The second-order valence-electron chi connectivity index (χ2n) is 0.935. The number of aliphatic hydroxyl groups is 1. The summed E-state index contributed by atoms with van der Waals surface area (Å²) >= 11 is 0. The smallest absolute Gasteiger partial charge is 0.330 e. The van der Waals surface area contributed by atoms with E-state index in [0.29, 0.717) is 0 Å². The predicted octanol–water partition coefficient (Wildman–Crippen LogP) is -0.233. The Morgan fingerprint density at radius 2 is 2.43 bits per heavy atom. The van der Waals surface area contributed by atoms with E-state index in [-0.39, 0.29) is 0 Å². The Morgan fingerprint density at radius 1 is 2.00 bits per heavy atom. The standard InChI is InChI=1S/C3H5NO3/c1-2-3(5)4(6)7/h2-3,5H,1H2. The third kappa shape index (κ3) is 1.88. The highest BCUT2D eigenvalue weighted by atomic mass is 16.7. The van der Waals surface area contributed by atoms with Gasteiger partial charge in [-0.25, -0.2) is 0 Å². The Bertz CT molecular complexity index is 90.2. The molecule has 0 rings (SSSR count). The second-order valence-corrected chi connectivity index (χ2v) is 0.935. The first-order chi connectivity index (χ1) is 3.18. The predicted molar refractivity (Wildman–Crippen MR) is 23.2 cm³/mol. The Hall–Kier alpha value is -0.900. The van der Waals surface area contributed by atoms with Crippen molar-refractivity contribution in [3.05, 3.63) is 22.8 Å². The van der Waals surface area contributed by atoms with Crippen molar-refractivity contribution in [2.45, 2.75) is 6.23 Å². The number of rotatable bonds is 2. The highest BCUT2D eigenvalue weighted by molar-refractivity contribution is 4.67. The van der Waals surface area contributed by atoms with Gasteiger partial charge in [0, 0.05) is 6.08 Å². The summed E-state index contributed by atoms with van der Waals surface area (Å²) in [6.07, 6.45) is -0.764. The number of nitro groups is 1. The minimum absolute atomic E-state index is 0.840. The molecular weight excluding hydrogens is 98.0 g/mol. The van der Waals surface area contributed by atoms with Crippen molar-refractivity contribution in [1.82, 2.24) is 0 Å². The van der Waals surface area contributed by atoms with Crippen molar-refractivity contribution in [3.63, 3.8) is 0 Å². The summed E-state index contributed by atoms with van der Waals surface area (Å²) in [7, 11) is 0. The minimum Gasteiger partial charge on any atom is -0.330 e. The summed E-state index contributed by atoms with van der Waals surface area (Å²) in [4.78, 5) is 8.57. The van der Waals surface area contributed by atoms with Crippen molar-refractivity contribution in [2.24, 2.45) is 0 Å². The molecule has 1 N–H and O–H groups in total. The van der Waals surface area contributed by atoms with Crippen molar-refractivity contribution >= 4 is 0 Å². The van der Waals surface area contributed by atoms with Gasteiger partial charge in [-0.1, -0.05) is 6.58 Å². The quantitative estimate of drug-likeness (QED) is 0.227. The van der Waals surface area contributed by atoms with Crippen LogP contribution < -0.4 is 0 Å². The maximum atomic E-state index is 9.41. The van der Waals surface area contributed by atoms with Crippen LogP contribution in [0.5, 0.6) is 0 Å². The van der Waals surface area contributed by atoms with Crippen LogP contribution in [0.2, 0.25) is 0 Å². The van der Waals surface area contributed by atoms with Crippen LogP contribution in [0, 0.1) is 10.1 Å². The van der Waals surface area contributed by atoms with E-state index in [4.69, 9.17) is 5.11 Å². The topological polar surface area (TPSA) is 63.4 Å². The highest BCUT2D eigenvalue weighted by Gasteiger charge is 2.05. The molecule has 1 unspecified atom stereocenters. The van der Waals surface area contributed by atoms with Crippen LogP contribution in [-0.4, -0.2) is 16.3 Å². The monoisotopic (exact) mass is 103 g/mol. The fraction of sp³-hybridized carbons (Fsp3) is 0.333. The molecule has 40 valence electrons. The second kappa shape index (κ2) is 2.30. The molecule has 0 aliphatic heterocycles. The van der Waals surface area contributed by atoms with Gasteiger partial charge in [0.2, 0.25) is 0 Å². The van der Waals surface area contributed by atoms with Crippen molar-refractivity contribution < 1.29 is 10.0 Å². The molecule has 0 amide bonds. The lowest BCUT2D eigenvalue weighted by molar-refractivity contribution is -0.555. The molecule has 0 bridgehead atoms. The molecular formula is C3H5NO3. The van der Waals surface area contributed by atoms with Crippen LogP contribution in [0.1, 0.15) is 0 Å². The minimum atomic E-state index is -1.61. The van der Waals surface area contributed by atoms with Gasteiger partial charge in [-0.3, -0.25) is 10.1 Å². The molecule has 4 heteroatoms. The first-order valence-corrected chi connectivity index (χ1v) is 1.62. The average Bonchev–Trinajstić information content (AvgIpc) is 1.65. The Kier molecular flexibility index (Phi) is 2.01. The summed E-state index contributed by atoms with van der Waals surface area (Å²) in [6.45, 7) is 2.99. The molecule has 1 atom stereocenters. The summed E-state index contributed by atoms with van der Waals surface area (Å²) in [5.41, 5.74) is 0. The zero-order valence-electron chi connectivity index (χ0n) is 3.57. The van der Waals surface area contributed by atoms with Crippen molar-refractivity contribution in [2.75, 3.05) is 0 Å². The third-order valence-corrected chi connectivity index (χ3v) is 0.427. The molecule has 0 aliphatic rings. The van der Waals surface area contributed by atoms with Crippen LogP contribution in [0.25, 0.3) is 0 Å². The first-order valence-electron chi connectivity index (χ1n) is 1.62. The average molecular weight is 103 g/mol. The van der Waals surface area contributed by atoms with Crippen LogP contribution in [0.3, 0.4) is 0 Å². The highest BCUT2D eigenvalue weighted by Crippen LogP contribution is 1.80. The van der Waals surface area contributed by atoms with E-state index in [1.807, 2.05) is 0 Å². The van der Waals surface area contributed by atoms with E-state index >= 15 is 0 Å². The Morgan fingerprint density at radius 3 is 2.43 bits per heavy atom. The lowest BCUT2D eigenvalue weighted by Gasteiger charge is -1.89. The van der Waals surface area contributed by atoms with Gasteiger partial charge < -0.3 is 5.11 Å².